The molecule has 1 aromatic rings. The number of benzene rings is 1. The van der Waals surface area contributed by atoms with Crippen LogP contribution in [0.5, 0.6) is 5.75 Å². The number of amides is 1. The number of likely N-dealkylation sites (N-methyl/N-ethyl adjacent to an activating group) is 1. The zero-order chi connectivity index (χ0) is 14.3. The topological polar surface area (TPSA) is 50.4 Å². The Morgan fingerprint density at radius 3 is 2.45 bits per heavy atom. The third-order valence-electron chi connectivity index (χ3n) is 2.75. The van der Waals surface area contributed by atoms with Crippen molar-refractivity contribution in [1.82, 2.24) is 10.6 Å². The minimum atomic E-state index is -0.0982. The van der Waals surface area contributed by atoms with E-state index in [1.807, 2.05) is 31.3 Å². The number of carbonyl (C=O) groups excluding carboxylic acids is 1. The average molecular weight is 301 g/mol. The fourth-order valence-electron chi connectivity index (χ4n) is 1.73. The molecule has 0 saturated carbocycles. The predicted octanol–water partition coefficient (Wildman–Crippen LogP) is 2.12. The van der Waals surface area contributed by atoms with E-state index in [2.05, 4.69) is 31.4 Å². The maximum absolute atomic E-state index is 11.6. The van der Waals surface area contributed by atoms with E-state index in [0.29, 0.717) is 6.54 Å². The summed E-state index contributed by atoms with van der Waals surface area (Å²) < 4.78 is 5.62. The van der Waals surface area contributed by atoms with Crippen LogP contribution in [0.2, 0.25) is 0 Å². The van der Waals surface area contributed by atoms with Gasteiger partial charge in [0.15, 0.2) is 6.61 Å². The molecule has 2 N–H and O–H groups in total. The van der Waals surface area contributed by atoms with Gasteiger partial charge in [0.1, 0.15) is 5.75 Å². The molecule has 0 bridgehead atoms. The van der Waals surface area contributed by atoms with Crippen molar-refractivity contribution in [1.29, 1.82) is 0 Å². The Morgan fingerprint density at radius 2 is 1.85 bits per heavy atom. The quantitative estimate of drug-likeness (QED) is 0.791. The SMILES string of the molecule is CNCCNC(=O)COc1ccccc1C(C)(C)C.Cl. The molecule has 0 atom stereocenters. The maximum Gasteiger partial charge on any atom is 0.257 e. The Bertz CT molecular complexity index is 417. The van der Waals surface area contributed by atoms with Crippen LogP contribution in [0.1, 0.15) is 26.3 Å². The molecule has 1 aromatic carbocycles. The molecule has 0 aromatic heterocycles. The molecule has 0 aliphatic rings. The first kappa shape index (κ1) is 18.7. The Balaban J connectivity index is 0.00000361. The van der Waals surface area contributed by atoms with Crippen molar-refractivity contribution in [3.8, 4) is 5.75 Å². The van der Waals surface area contributed by atoms with Gasteiger partial charge in [-0.25, -0.2) is 0 Å². The van der Waals surface area contributed by atoms with E-state index in [0.717, 1.165) is 17.9 Å². The normalized spacial score (nSPS) is 10.6. The number of rotatable bonds is 6. The van der Waals surface area contributed by atoms with Gasteiger partial charge in [0.25, 0.3) is 5.91 Å². The second kappa shape index (κ2) is 8.82. The van der Waals surface area contributed by atoms with Crippen LogP contribution in [0.3, 0.4) is 0 Å². The van der Waals surface area contributed by atoms with Crippen LogP contribution in [0, 0.1) is 0 Å². The van der Waals surface area contributed by atoms with E-state index in [1.165, 1.54) is 0 Å². The largest absolute Gasteiger partial charge is 0.483 e. The van der Waals surface area contributed by atoms with Crippen molar-refractivity contribution in [2.75, 3.05) is 26.7 Å². The smallest absolute Gasteiger partial charge is 0.257 e. The van der Waals surface area contributed by atoms with Crippen molar-refractivity contribution in [2.45, 2.75) is 26.2 Å². The number of carbonyl (C=O) groups is 1. The molecule has 0 heterocycles. The molecule has 0 spiro atoms. The van der Waals surface area contributed by atoms with Crippen LogP contribution in [-0.4, -0.2) is 32.7 Å². The number of hydrogen-bond acceptors (Lipinski definition) is 3. The summed E-state index contributed by atoms with van der Waals surface area (Å²) in [7, 11) is 1.85. The minimum Gasteiger partial charge on any atom is -0.483 e. The lowest BCUT2D eigenvalue weighted by Crippen LogP contribution is -2.34. The summed E-state index contributed by atoms with van der Waals surface area (Å²) in [5, 5.41) is 5.76. The van der Waals surface area contributed by atoms with E-state index >= 15 is 0 Å². The lowest BCUT2D eigenvalue weighted by molar-refractivity contribution is -0.123. The summed E-state index contributed by atoms with van der Waals surface area (Å²) in [6.45, 7) is 7.80. The van der Waals surface area contributed by atoms with Crippen LogP contribution in [0.25, 0.3) is 0 Å². The Kier molecular flexibility index (Phi) is 8.26. The van der Waals surface area contributed by atoms with E-state index in [-0.39, 0.29) is 30.3 Å². The van der Waals surface area contributed by atoms with Gasteiger partial charge in [0.2, 0.25) is 0 Å². The fourth-order valence-corrected chi connectivity index (χ4v) is 1.73. The van der Waals surface area contributed by atoms with Gasteiger partial charge in [0, 0.05) is 13.1 Å². The van der Waals surface area contributed by atoms with Gasteiger partial charge in [-0.2, -0.15) is 0 Å². The summed E-state index contributed by atoms with van der Waals surface area (Å²) in [6, 6.07) is 7.85. The predicted molar refractivity (Wildman–Crippen MR) is 84.8 cm³/mol. The standard InChI is InChI=1S/C15H24N2O2.ClH/c1-15(2,3)12-7-5-6-8-13(12)19-11-14(18)17-10-9-16-4;/h5-8,16H,9-11H2,1-4H3,(H,17,18);1H. The van der Waals surface area contributed by atoms with Gasteiger partial charge in [0.05, 0.1) is 0 Å². The first-order valence-corrected chi connectivity index (χ1v) is 6.58. The lowest BCUT2D eigenvalue weighted by Gasteiger charge is -2.22. The lowest BCUT2D eigenvalue weighted by atomic mass is 9.86. The van der Waals surface area contributed by atoms with Crippen LogP contribution in [-0.2, 0) is 10.2 Å². The van der Waals surface area contributed by atoms with Crippen molar-refractivity contribution >= 4 is 18.3 Å². The molecule has 4 nitrogen and oxygen atoms in total. The first-order chi connectivity index (χ1) is 8.95. The van der Waals surface area contributed by atoms with Gasteiger partial charge in [-0.3, -0.25) is 4.79 Å². The average Bonchev–Trinajstić information content (AvgIpc) is 2.36. The highest BCUT2D eigenvalue weighted by Crippen LogP contribution is 2.30. The molecular weight excluding hydrogens is 276 g/mol. The third-order valence-corrected chi connectivity index (χ3v) is 2.75. The number of halogens is 1. The molecule has 5 heteroatoms. The minimum absolute atomic E-state index is 0. The molecule has 0 saturated heterocycles. The Labute approximate surface area is 127 Å². The highest BCUT2D eigenvalue weighted by atomic mass is 35.5. The molecule has 20 heavy (non-hydrogen) atoms. The Hall–Kier alpha value is -1.26. The van der Waals surface area contributed by atoms with Crippen LogP contribution in [0.4, 0.5) is 0 Å². The van der Waals surface area contributed by atoms with E-state index < -0.39 is 0 Å². The molecule has 0 aliphatic carbocycles. The third kappa shape index (κ3) is 6.26. The zero-order valence-electron chi connectivity index (χ0n) is 12.7. The van der Waals surface area contributed by atoms with Crippen molar-refractivity contribution in [2.24, 2.45) is 0 Å². The molecule has 1 rings (SSSR count). The zero-order valence-corrected chi connectivity index (χ0v) is 13.5. The summed E-state index contributed by atoms with van der Waals surface area (Å²) in [5.74, 6) is 0.678. The highest BCUT2D eigenvalue weighted by molar-refractivity contribution is 5.85. The Morgan fingerprint density at radius 1 is 1.20 bits per heavy atom. The van der Waals surface area contributed by atoms with Crippen LogP contribution < -0.4 is 15.4 Å². The van der Waals surface area contributed by atoms with Crippen LogP contribution in [0.15, 0.2) is 24.3 Å². The summed E-state index contributed by atoms with van der Waals surface area (Å²) in [5.41, 5.74) is 1.11. The van der Waals surface area contributed by atoms with E-state index in [4.69, 9.17) is 4.74 Å². The highest BCUT2D eigenvalue weighted by Gasteiger charge is 2.18. The number of para-hydroxylation sites is 1. The van der Waals surface area contributed by atoms with Gasteiger partial charge in [-0.1, -0.05) is 39.0 Å². The maximum atomic E-state index is 11.6. The monoisotopic (exact) mass is 300 g/mol. The van der Waals surface area contributed by atoms with Gasteiger partial charge in [-0.15, -0.1) is 12.4 Å². The van der Waals surface area contributed by atoms with Crippen LogP contribution >= 0.6 is 12.4 Å². The molecule has 0 unspecified atom stereocenters. The van der Waals surface area contributed by atoms with E-state index in [9.17, 15) is 4.79 Å². The van der Waals surface area contributed by atoms with Crippen molar-refractivity contribution in [3.63, 3.8) is 0 Å². The first-order valence-electron chi connectivity index (χ1n) is 6.58. The molecule has 0 radical (unpaired) electrons. The summed E-state index contributed by atoms with van der Waals surface area (Å²) in [6.07, 6.45) is 0. The summed E-state index contributed by atoms with van der Waals surface area (Å²) in [4.78, 5) is 11.6. The summed E-state index contributed by atoms with van der Waals surface area (Å²) >= 11 is 0. The van der Waals surface area contributed by atoms with E-state index in [1.54, 1.807) is 0 Å². The van der Waals surface area contributed by atoms with Crippen molar-refractivity contribution < 1.29 is 9.53 Å². The van der Waals surface area contributed by atoms with Gasteiger partial charge < -0.3 is 15.4 Å². The molecule has 114 valence electrons. The number of ether oxygens (including phenoxy) is 1. The second-order valence-electron chi connectivity index (χ2n) is 5.49. The van der Waals surface area contributed by atoms with Gasteiger partial charge in [-0.05, 0) is 24.1 Å². The molecular formula is C15H25ClN2O2. The fraction of sp³-hybridized carbons (Fsp3) is 0.533. The van der Waals surface area contributed by atoms with Crippen molar-refractivity contribution in [3.05, 3.63) is 29.8 Å². The molecule has 1 amide bonds. The number of hydrogen-bond donors (Lipinski definition) is 2. The molecule has 0 aliphatic heterocycles. The van der Waals surface area contributed by atoms with Gasteiger partial charge >= 0.3 is 0 Å². The molecule has 0 fully saturated rings. The number of nitrogens with one attached hydrogen (secondary N) is 2. The second-order valence-corrected chi connectivity index (χ2v) is 5.49.